The summed E-state index contributed by atoms with van der Waals surface area (Å²) >= 11 is 6.04. The van der Waals surface area contributed by atoms with Crippen molar-refractivity contribution in [3.63, 3.8) is 0 Å². The van der Waals surface area contributed by atoms with Gasteiger partial charge in [-0.05, 0) is 36.8 Å². The zero-order chi connectivity index (χ0) is 15.5. The molecule has 0 spiro atoms. The van der Waals surface area contributed by atoms with E-state index in [4.69, 9.17) is 11.6 Å². The summed E-state index contributed by atoms with van der Waals surface area (Å²) < 4.78 is 0. The second-order valence-electron chi connectivity index (χ2n) is 5.95. The molecule has 0 aliphatic heterocycles. The summed E-state index contributed by atoms with van der Waals surface area (Å²) in [6.45, 7) is 6.72. The Morgan fingerprint density at radius 2 is 1.86 bits per heavy atom. The fourth-order valence-electron chi connectivity index (χ4n) is 2.20. The fraction of sp³-hybridized carbons (Fsp3) is 0.278. The molecule has 0 bridgehead atoms. The maximum Gasteiger partial charge on any atom is 0.251 e. The summed E-state index contributed by atoms with van der Waals surface area (Å²) in [7, 11) is 0. The van der Waals surface area contributed by atoms with E-state index in [-0.39, 0.29) is 11.3 Å². The molecule has 0 heterocycles. The molecule has 2 aromatic carbocycles. The first-order valence-corrected chi connectivity index (χ1v) is 7.37. The van der Waals surface area contributed by atoms with Crippen molar-refractivity contribution in [1.82, 2.24) is 5.32 Å². The van der Waals surface area contributed by atoms with Crippen molar-refractivity contribution >= 4 is 17.5 Å². The van der Waals surface area contributed by atoms with Gasteiger partial charge in [-0.3, -0.25) is 4.79 Å². The lowest BCUT2D eigenvalue weighted by Gasteiger charge is -2.26. The molecule has 0 fully saturated rings. The molecule has 0 saturated heterocycles. The lowest BCUT2D eigenvalue weighted by Crippen LogP contribution is -2.36. The molecule has 2 rings (SSSR count). The molecule has 0 radical (unpaired) electrons. The molecule has 2 aromatic rings. The summed E-state index contributed by atoms with van der Waals surface area (Å²) in [5.41, 5.74) is 2.71. The number of hydrogen-bond donors (Lipinski definition) is 1. The van der Waals surface area contributed by atoms with Crippen LogP contribution in [0.2, 0.25) is 5.02 Å². The zero-order valence-corrected chi connectivity index (χ0v) is 13.4. The average molecular weight is 302 g/mol. The van der Waals surface area contributed by atoms with E-state index in [0.717, 1.165) is 11.1 Å². The Balaban J connectivity index is 2.06. The third kappa shape index (κ3) is 4.08. The SMILES string of the molecule is Cc1cccc(C(=O)NCC(C)(C)c2cccc(Cl)c2)c1. The summed E-state index contributed by atoms with van der Waals surface area (Å²) in [6, 6.07) is 15.4. The fourth-order valence-corrected chi connectivity index (χ4v) is 2.39. The van der Waals surface area contributed by atoms with Gasteiger partial charge in [-0.15, -0.1) is 0 Å². The van der Waals surface area contributed by atoms with Crippen molar-refractivity contribution in [2.45, 2.75) is 26.2 Å². The van der Waals surface area contributed by atoms with Crippen LogP contribution < -0.4 is 5.32 Å². The van der Waals surface area contributed by atoms with E-state index in [1.165, 1.54) is 0 Å². The Bertz CT molecular complexity index is 649. The van der Waals surface area contributed by atoms with Crippen LogP contribution in [0.5, 0.6) is 0 Å². The van der Waals surface area contributed by atoms with Crippen LogP contribution in [-0.4, -0.2) is 12.5 Å². The van der Waals surface area contributed by atoms with Crippen LogP contribution in [0.4, 0.5) is 0 Å². The van der Waals surface area contributed by atoms with Gasteiger partial charge in [-0.1, -0.05) is 55.3 Å². The lowest BCUT2D eigenvalue weighted by atomic mass is 9.84. The minimum Gasteiger partial charge on any atom is -0.351 e. The highest BCUT2D eigenvalue weighted by molar-refractivity contribution is 6.30. The molecule has 21 heavy (non-hydrogen) atoms. The molecule has 1 N–H and O–H groups in total. The highest BCUT2D eigenvalue weighted by Crippen LogP contribution is 2.25. The van der Waals surface area contributed by atoms with Gasteiger partial charge >= 0.3 is 0 Å². The molecule has 1 amide bonds. The Labute approximate surface area is 131 Å². The quantitative estimate of drug-likeness (QED) is 0.893. The minimum absolute atomic E-state index is 0.0474. The minimum atomic E-state index is -0.176. The highest BCUT2D eigenvalue weighted by atomic mass is 35.5. The molecule has 0 atom stereocenters. The van der Waals surface area contributed by atoms with Crippen molar-refractivity contribution in [3.8, 4) is 0 Å². The van der Waals surface area contributed by atoms with Gasteiger partial charge in [0.05, 0.1) is 0 Å². The van der Waals surface area contributed by atoms with E-state index < -0.39 is 0 Å². The number of rotatable bonds is 4. The van der Waals surface area contributed by atoms with E-state index in [9.17, 15) is 4.79 Å². The first-order chi connectivity index (χ1) is 9.88. The normalized spacial score (nSPS) is 11.2. The van der Waals surface area contributed by atoms with E-state index in [0.29, 0.717) is 17.1 Å². The first kappa shape index (κ1) is 15.6. The predicted molar refractivity (Wildman–Crippen MR) is 88.0 cm³/mol. The monoisotopic (exact) mass is 301 g/mol. The maximum atomic E-state index is 12.2. The summed E-state index contributed by atoms with van der Waals surface area (Å²) in [5.74, 6) is -0.0474. The number of hydrogen-bond acceptors (Lipinski definition) is 1. The number of carbonyl (C=O) groups is 1. The molecule has 0 aromatic heterocycles. The lowest BCUT2D eigenvalue weighted by molar-refractivity contribution is 0.0945. The second-order valence-corrected chi connectivity index (χ2v) is 6.38. The molecule has 0 saturated carbocycles. The molecule has 0 aliphatic rings. The Morgan fingerprint density at radius 1 is 1.14 bits per heavy atom. The second kappa shape index (κ2) is 6.31. The number of aryl methyl sites for hydroxylation is 1. The van der Waals surface area contributed by atoms with Gasteiger partial charge in [0.1, 0.15) is 0 Å². The maximum absolute atomic E-state index is 12.2. The van der Waals surface area contributed by atoms with Gasteiger partial charge in [0.15, 0.2) is 0 Å². The standard InChI is InChI=1S/C18H20ClNO/c1-13-6-4-7-14(10-13)17(21)20-12-18(2,3)15-8-5-9-16(19)11-15/h4-11H,12H2,1-3H3,(H,20,21). The van der Waals surface area contributed by atoms with Gasteiger partial charge in [0, 0.05) is 22.5 Å². The number of benzene rings is 2. The van der Waals surface area contributed by atoms with Gasteiger partial charge < -0.3 is 5.32 Å². The number of amides is 1. The highest BCUT2D eigenvalue weighted by Gasteiger charge is 2.22. The smallest absolute Gasteiger partial charge is 0.251 e. The van der Waals surface area contributed by atoms with Crippen molar-refractivity contribution in [3.05, 3.63) is 70.2 Å². The van der Waals surface area contributed by atoms with Crippen LogP contribution in [0.15, 0.2) is 48.5 Å². The first-order valence-electron chi connectivity index (χ1n) is 6.99. The number of carbonyl (C=O) groups excluding carboxylic acids is 1. The Morgan fingerprint density at radius 3 is 2.52 bits per heavy atom. The Kier molecular flexibility index (Phi) is 4.69. The van der Waals surface area contributed by atoms with Gasteiger partial charge in [-0.25, -0.2) is 0 Å². The van der Waals surface area contributed by atoms with Crippen molar-refractivity contribution in [1.29, 1.82) is 0 Å². The van der Waals surface area contributed by atoms with Crippen LogP contribution >= 0.6 is 11.6 Å². The summed E-state index contributed by atoms with van der Waals surface area (Å²) in [5, 5.41) is 3.72. The Hall–Kier alpha value is -1.80. The van der Waals surface area contributed by atoms with E-state index in [2.05, 4.69) is 19.2 Å². The van der Waals surface area contributed by atoms with Gasteiger partial charge in [0.2, 0.25) is 0 Å². The molecular weight excluding hydrogens is 282 g/mol. The third-order valence-corrected chi connectivity index (χ3v) is 3.81. The molecule has 3 heteroatoms. The molecular formula is C18H20ClNO. The number of halogens is 1. The van der Waals surface area contributed by atoms with Crippen molar-refractivity contribution in [2.75, 3.05) is 6.54 Å². The largest absolute Gasteiger partial charge is 0.351 e. The van der Waals surface area contributed by atoms with Gasteiger partial charge in [0.25, 0.3) is 5.91 Å². The average Bonchev–Trinajstić information content (AvgIpc) is 2.45. The molecule has 0 aliphatic carbocycles. The molecule has 0 unspecified atom stereocenters. The number of nitrogens with one attached hydrogen (secondary N) is 1. The van der Waals surface area contributed by atoms with E-state index >= 15 is 0 Å². The van der Waals surface area contributed by atoms with Gasteiger partial charge in [-0.2, -0.15) is 0 Å². The van der Waals surface area contributed by atoms with Crippen LogP contribution in [0.3, 0.4) is 0 Å². The predicted octanol–water partition coefficient (Wildman–Crippen LogP) is 4.36. The van der Waals surface area contributed by atoms with Crippen LogP contribution in [0, 0.1) is 6.92 Å². The van der Waals surface area contributed by atoms with Crippen molar-refractivity contribution in [2.24, 2.45) is 0 Å². The zero-order valence-electron chi connectivity index (χ0n) is 12.6. The summed E-state index contributed by atoms with van der Waals surface area (Å²) in [4.78, 5) is 12.2. The van der Waals surface area contributed by atoms with Crippen LogP contribution in [-0.2, 0) is 5.41 Å². The topological polar surface area (TPSA) is 29.1 Å². The van der Waals surface area contributed by atoms with Crippen LogP contribution in [0.1, 0.15) is 35.3 Å². The van der Waals surface area contributed by atoms with E-state index in [1.807, 2.05) is 55.5 Å². The summed E-state index contributed by atoms with van der Waals surface area (Å²) in [6.07, 6.45) is 0. The van der Waals surface area contributed by atoms with E-state index in [1.54, 1.807) is 0 Å². The van der Waals surface area contributed by atoms with Crippen LogP contribution in [0.25, 0.3) is 0 Å². The van der Waals surface area contributed by atoms with Crippen molar-refractivity contribution < 1.29 is 4.79 Å². The molecule has 2 nitrogen and oxygen atoms in total. The molecule has 110 valence electrons. The third-order valence-electron chi connectivity index (χ3n) is 3.58.